The minimum Gasteiger partial charge on any atom is -0.147 e. The van der Waals surface area contributed by atoms with Crippen LogP contribution in [0.4, 0.5) is 0 Å². The van der Waals surface area contributed by atoms with Gasteiger partial charge >= 0.3 is 0 Å². The number of halogens is 2. The third-order valence-corrected chi connectivity index (χ3v) is 0. The third kappa shape index (κ3) is 148. The van der Waals surface area contributed by atoms with Crippen molar-refractivity contribution < 1.29 is 0 Å². The van der Waals surface area contributed by atoms with Crippen LogP contribution in [0.5, 0.6) is 0 Å². The van der Waals surface area contributed by atoms with Crippen LogP contribution >= 0.6 is 24.8 Å². The Kier molecular flexibility index (Phi) is 24.4. The topological polar surface area (TPSA) is 0 Å². The molecule has 0 aromatic rings. The summed E-state index contributed by atoms with van der Waals surface area (Å²) in [4.78, 5) is 0. The Morgan fingerprint density at radius 3 is 1.17 bits per heavy atom. The largest absolute Gasteiger partial charge is 0.147 e. The SMILES string of the molecule is Cl.Cl.[B]C(C)C. The van der Waals surface area contributed by atoms with Crippen LogP contribution in [0.3, 0.4) is 0 Å². The van der Waals surface area contributed by atoms with Gasteiger partial charge in [-0.05, 0) is 0 Å². The smallest absolute Gasteiger partial charge is 0.0692 e. The standard InChI is InChI=1S/C3H7B.2ClH/c1-3(2)4;;/h3H,1-2H3;2*1H. The van der Waals surface area contributed by atoms with E-state index in [0.717, 1.165) is 0 Å². The molecule has 3 heteroatoms. The van der Waals surface area contributed by atoms with E-state index in [4.69, 9.17) is 7.85 Å². The van der Waals surface area contributed by atoms with Gasteiger partial charge in [-0.2, -0.15) is 0 Å². The van der Waals surface area contributed by atoms with Gasteiger partial charge in [-0.25, -0.2) is 0 Å². The summed E-state index contributed by atoms with van der Waals surface area (Å²) in [6.07, 6.45) is 0. The molecular weight excluding hydrogens is 118 g/mol. The van der Waals surface area contributed by atoms with Crippen molar-refractivity contribution in [2.24, 2.45) is 0 Å². The van der Waals surface area contributed by atoms with E-state index in [1.54, 1.807) is 0 Å². The maximum Gasteiger partial charge on any atom is 0.0692 e. The number of rotatable bonds is 0. The van der Waals surface area contributed by atoms with Gasteiger partial charge in [-0.3, -0.25) is 0 Å². The van der Waals surface area contributed by atoms with Crippen LogP contribution in [0.1, 0.15) is 13.8 Å². The molecule has 0 aromatic carbocycles. The van der Waals surface area contributed by atoms with E-state index >= 15 is 0 Å². The predicted octanol–water partition coefficient (Wildman–Crippen LogP) is 1.83. The van der Waals surface area contributed by atoms with Gasteiger partial charge in [0.25, 0.3) is 0 Å². The highest BCUT2D eigenvalue weighted by atomic mass is 35.5. The molecule has 0 atom stereocenters. The van der Waals surface area contributed by atoms with Gasteiger partial charge in [0.1, 0.15) is 0 Å². The molecule has 38 valence electrons. The van der Waals surface area contributed by atoms with Gasteiger partial charge in [0.15, 0.2) is 0 Å². The summed E-state index contributed by atoms with van der Waals surface area (Å²) in [5.41, 5.74) is 0. The lowest BCUT2D eigenvalue weighted by molar-refractivity contribution is 1.08. The van der Waals surface area contributed by atoms with Crippen LogP contribution in [0, 0.1) is 0 Å². The van der Waals surface area contributed by atoms with Crippen LogP contribution in [0.2, 0.25) is 5.82 Å². The Morgan fingerprint density at radius 1 is 1.17 bits per heavy atom. The summed E-state index contributed by atoms with van der Waals surface area (Å²) >= 11 is 0. The molecule has 0 rings (SSSR count). The summed E-state index contributed by atoms with van der Waals surface area (Å²) in [5.74, 6) is 0.333. The Hall–Kier alpha value is 0.645. The van der Waals surface area contributed by atoms with Gasteiger partial charge in [0.2, 0.25) is 0 Å². The highest BCUT2D eigenvalue weighted by Gasteiger charge is 1.68. The fourth-order valence-electron chi connectivity index (χ4n) is 0. The summed E-state index contributed by atoms with van der Waals surface area (Å²) in [6, 6.07) is 0. The van der Waals surface area contributed by atoms with Crippen molar-refractivity contribution in [3.63, 3.8) is 0 Å². The van der Waals surface area contributed by atoms with E-state index < -0.39 is 0 Å². The van der Waals surface area contributed by atoms with E-state index in [1.807, 2.05) is 13.8 Å². The normalized spacial score (nSPS) is 5.83. The molecule has 0 spiro atoms. The van der Waals surface area contributed by atoms with Crippen molar-refractivity contribution in [2.45, 2.75) is 19.7 Å². The molecule has 6 heavy (non-hydrogen) atoms. The fraction of sp³-hybridized carbons (Fsp3) is 1.00. The molecule has 0 unspecified atom stereocenters. The van der Waals surface area contributed by atoms with E-state index in [9.17, 15) is 0 Å². The van der Waals surface area contributed by atoms with Crippen molar-refractivity contribution >= 4 is 32.7 Å². The minimum absolute atomic E-state index is 0. The average molecular weight is 127 g/mol. The summed E-state index contributed by atoms with van der Waals surface area (Å²) in [6.45, 7) is 3.89. The minimum atomic E-state index is 0. The summed E-state index contributed by atoms with van der Waals surface area (Å²) in [7, 11) is 5.11. The molecule has 0 saturated carbocycles. The summed E-state index contributed by atoms with van der Waals surface area (Å²) in [5, 5.41) is 0. The van der Waals surface area contributed by atoms with Gasteiger partial charge in [-0.1, -0.05) is 19.7 Å². The van der Waals surface area contributed by atoms with Crippen molar-refractivity contribution in [1.29, 1.82) is 0 Å². The molecule has 0 bridgehead atoms. The Labute approximate surface area is 52.9 Å². The highest BCUT2D eigenvalue weighted by Crippen LogP contribution is 1.84. The maximum absolute atomic E-state index is 5.11. The van der Waals surface area contributed by atoms with Crippen molar-refractivity contribution in [3.8, 4) is 0 Å². The van der Waals surface area contributed by atoms with Crippen molar-refractivity contribution in [2.75, 3.05) is 0 Å². The molecule has 0 nitrogen and oxygen atoms in total. The number of hydrogen-bond donors (Lipinski definition) is 0. The lowest BCUT2D eigenvalue weighted by Gasteiger charge is -1.79. The first-order valence-corrected chi connectivity index (χ1v) is 1.49. The number of hydrogen-bond acceptors (Lipinski definition) is 0. The molecule has 0 N–H and O–H groups in total. The lowest BCUT2D eigenvalue weighted by atomic mass is 9.93. The molecule has 0 saturated heterocycles. The van der Waals surface area contributed by atoms with Crippen LogP contribution in [0.25, 0.3) is 0 Å². The third-order valence-electron chi connectivity index (χ3n) is 0. The van der Waals surface area contributed by atoms with E-state index in [0.29, 0.717) is 5.82 Å². The Balaban J connectivity index is -0.0000000450. The van der Waals surface area contributed by atoms with E-state index in [-0.39, 0.29) is 24.8 Å². The molecule has 0 aliphatic rings. The zero-order valence-electron chi connectivity index (χ0n) is 3.97. The lowest BCUT2D eigenvalue weighted by Crippen LogP contribution is -1.67. The quantitative estimate of drug-likeness (QED) is 0.435. The molecule has 0 aliphatic heterocycles. The zero-order chi connectivity index (χ0) is 3.58. The van der Waals surface area contributed by atoms with Crippen LogP contribution in [-0.4, -0.2) is 7.85 Å². The van der Waals surface area contributed by atoms with Crippen molar-refractivity contribution in [1.82, 2.24) is 0 Å². The monoisotopic (exact) mass is 126 g/mol. The second-order valence-electron chi connectivity index (χ2n) is 1.24. The molecule has 0 amide bonds. The zero-order valence-corrected chi connectivity index (χ0v) is 5.60. The second-order valence-corrected chi connectivity index (χ2v) is 1.24. The predicted molar refractivity (Wildman–Crippen MR) is 35.3 cm³/mol. The van der Waals surface area contributed by atoms with Gasteiger partial charge < -0.3 is 0 Å². The average Bonchev–Trinajstić information content (AvgIpc) is 0.811. The Morgan fingerprint density at radius 2 is 1.17 bits per heavy atom. The van der Waals surface area contributed by atoms with Gasteiger partial charge in [0, 0.05) is 0 Å². The van der Waals surface area contributed by atoms with Crippen LogP contribution in [0.15, 0.2) is 0 Å². The first-order valence-electron chi connectivity index (χ1n) is 1.49. The molecule has 0 fully saturated rings. The molecular formula is C3H9BCl2. The van der Waals surface area contributed by atoms with Crippen molar-refractivity contribution in [3.05, 3.63) is 0 Å². The molecule has 0 aromatic heterocycles. The highest BCUT2D eigenvalue weighted by molar-refractivity contribution is 6.10. The Bertz CT molecular complexity index is 13.5. The van der Waals surface area contributed by atoms with E-state index in [2.05, 4.69) is 0 Å². The summed E-state index contributed by atoms with van der Waals surface area (Å²) < 4.78 is 0. The van der Waals surface area contributed by atoms with Gasteiger partial charge in [0.05, 0.1) is 7.85 Å². The molecule has 2 radical (unpaired) electrons. The second kappa shape index (κ2) is 9.17. The maximum atomic E-state index is 5.11. The first kappa shape index (κ1) is 15.9. The van der Waals surface area contributed by atoms with Crippen LogP contribution in [-0.2, 0) is 0 Å². The van der Waals surface area contributed by atoms with E-state index in [1.165, 1.54) is 0 Å². The molecule has 0 heterocycles. The van der Waals surface area contributed by atoms with Crippen LogP contribution < -0.4 is 0 Å². The first-order chi connectivity index (χ1) is 1.73. The molecule has 0 aliphatic carbocycles. The fourth-order valence-corrected chi connectivity index (χ4v) is 0. The van der Waals surface area contributed by atoms with Gasteiger partial charge in [-0.15, -0.1) is 24.8 Å².